The molecule has 0 radical (unpaired) electrons. The fourth-order valence-electron chi connectivity index (χ4n) is 5.23. The van der Waals surface area contributed by atoms with E-state index in [1.54, 1.807) is 12.3 Å². The number of nitrogens with one attached hydrogen (secondary N) is 2. The number of hydrogen-bond donors (Lipinski definition) is 2. The van der Waals surface area contributed by atoms with Crippen molar-refractivity contribution < 1.29 is 13.9 Å². The number of likely N-dealkylation sites (N-methyl/N-ethyl adjacent to an activating group) is 1. The molecule has 6 nitrogen and oxygen atoms in total. The van der Waals surface area contributed by atoms with E-state index in [2.05, 4.69) is 41.5 Å². The van der Waals surface area contributed by atoms with Gasteiger partial charge in [-0.05, 0) is 86.5 Å². The summed E-state index contributed by atoms with van der Waals surface area (Å²) in [4.78, 5) is 10.3. The van der Waals surface area contributed by atoms with Crippen LogP contribution in [0.1, 0.15) is 81.5 Å². The number of rotatable bonds is 14. The summed E-state index contributed by atoms with van der Waals surface area (Å²) >= 11 is 0. The molecule has 7 heteroatoms. The van der Waals surface area contributed by atoms with E-state index in [0.717, 1.165) is 55.2 Å². The fraction of sp³-hybridized carbons (Fsp3) is 0.444. The minimum atomic E-state index is -0.254. The summed E-state index contributed by atoms with van der Waals surface area (Å²) in [6, 6.07) is 14.0. The maximum absolute atomic E-state index is 15.0. The Balaban J connectivity index is 0.00000316. The summed E-state index contributed by atoms with van der Waals surface area (Å²) in [5.74, 6) is 1.64. The molecule has 0 saturated heterocycles. The summed E-state index contributed by atoms with van der Waals surface area (Å²) in [5.41, 5.74) is 5.71. The number of nitrogens with zero attached hydrogens (tertiary/aromatic N) is 2. The molecule has 2 aromatic carbocycles. The average molecular weight is 589 g/mol. The van der Waals surface area contributed by atoms with E-state index in [4.69, 9.17) is 9.53 Å². The second kappa shape index (κ2) is 19.3. The van der Waals surface area contributed by atoms with E-state index in [0.29, 0.717) is 23.8 Å². The van der Waals surface area contributed by atoms with Crippen molar-refractivity contribution in [3.8, 4) is 6.07 Å². The first-order valence-electron chi connectivity index (χ1n) is 15.2. The van der Waals surface area contributed by atoms with Crippen LogP contribution in [-0.2, 0) is 22.7 Å². The van der Waals surface area contributed by atoms with Crippen LogP contribution in [0.25, 0.3) is 0 Å². The van der Waals surface area contributed by atoms with Gasteiger partial charge in [0.2, 0.25) is 0 Å². The number of halogens is 1. The van der Waals surface area contributed by atoms with Gasteiger partial charge < -0.3 is 20.2 Å². The van der Waals surface area contributed by atoms with Crippen molar-refractivity contribution in [2.75, 3.05) is 32.0 Å². The van der Waals surface area contributed by atoms with Crippen molar-refractivity contribution in [3.05, 3.63) is 100 Å². The Kier molecular flexibility index (Phi) is 15.9. The lowest BCUT2D eigenvalue weighted by Crippen LogP contribution is -2.28. The first-order chi connectivity index (χ1) is 20.8. The third kappa shape index (κ3) is 12.1. The van der Waals surface area contributed by atoms with E-state index >= 15 is 0 Å². The van der Waals surface area contributed by atoms with Crippen molar-refractivity contribution >= 4 is 12.5 Å². The quantitative estimate of drug-likeness (QED) is 0.173. The number of allylic oxidation sites excluding steroid dienone is 4. The molecule has 43 heavy (non-hydrogen) atoms. The van der Waals surface area contributed by atoms with Crippen molar-refractivity contribution in [2.24, 2.45) is 5.92 Å². The minimum Gasteiger partial charge on any atom is -0.487 e. The van der Waals surface area contributed by atoms with Crippen molar-refractivity contribution in [3.63, 3.8) is 0 Å². The number of carbonyl (C=O) groups excluding carboxylic acids is 1. The van der Waals surface area contributed by atoms with E-state index < -0.39 is 0 Å². The maximum Gasteiger partial charge on any atom is 0.135 e. The highest BCUT2D eigenvalue weighted by molar-refractivity contribution is 5.53. The molecule has 1 aliphatic rings. The number of nitriles is 1. The molecule has 2 aromatic rings. The van der Waals surface area contributed by atoms with Gasteiger partial charge in [-0.3, -0.25) is 4.90 Å². The zero-order chi connectivity index (χ0) is 31.6. The SMILES string of the molecule is C=O.CCN(CCNc1ccc(C#N)c(C2CCC(C)CC2)c1)Cc1ccc(COC(=CNC)/C=C\C=C(C)C)c(F)c1. The second-order valence-electron chi connectivity index (χ2n) is 11.3. The van der Waals surface area contributed by atoms with Crippen molar-refractivity contribution in [1.29, 1.82) is 5.26 Å². The Hall–Kier alpha value is -3.89. The molecule has 0 aliphatic heterocycles. The van der Waals surface area contributed by atoms with E-state index in [1.165, 1.54) is 24.0 Å². The summed E-state index contributed by atoms with van der Waals surface area (Å²) in [6.07, 6.45) is 12.3. The lowest BCUT2D eigenvalue weighted by Gasteiger charge is -2.27. The average Bonchev–Trinajstić information content (AvgIpc) is 3.01. The van der Waals surface area contributed by atoms with Crippen LogP contribution in [-0.4, -0.2) is 38.4 Å². The Bertz CT molecular complexity index is 1270. The van der Waals surface area contributed by atoms with Crippen LogP contribution in [0.5, 0.6) is 0 Å². The predicted octanol–water partition coefficient (Wildman–Crippen LogP) is 7.84. The van der Waals surface area contributed by atoms with Gasteiger partial charge in [0.1, 0.15) is 25.0 Å². The largest absolute Gasteiger partial charge is 0.487 e. The molecule has 0 atom stereocenters. The standard InChI is InChI=1S/C35H47FN4O.CH2O/c1-6-40(19-18-39-32-17-16-30(22-37)34(21-32)29-13-10-27(4)11-14-29)24-28-12-15-31(35(36)20-28)25-41-33(23-38-5)9-7-8-26(2)3;1-2/h7-9,12,15-17,20-21,23,27,29,38-39H,6,10-11,13-14,18-19,24-25H2,1-5H3;1H2/b9-7-,33-23?;. The zero-order valence-electron chi connectivity index (χ0n) is 26.6. The van der Waals surface area contributed by atoms with Crippen LogP contribution >= 0.6 is 0 Å². The van der Waals surface area contributed by atoms with Gasteiger partial charge in [-0.2, -0.15) is 5.26 Å². The van der Waals surface area contributed by atoms with Gasteiger partial charge in [-0.25, -0.2) is 4.39 Å². The molecule has 0 heterocycles. The van der Waals surface area contributed by atoms with Gasteiger partial charge in [0, 0.05) is 44.1 Å². The van der Waals surface area contributed by atoms with Crippen molar-refractivity contribution in [2.45, 2.75) is 72.4 Å². The predicted molar refractivity (Wildman–Crippen MR) is 175 cm³/mol. The Morgan fingerprint density at radius 3 is 2.53 bits per heavy atom. The molecule has 2 N–H and O–H groups in total. The lowest BCUT2D eigenvalue weighted by molar-refractivity contribution is -0.0980. The van der Waals surface area contributed by atoms with Crippen LogP contribution in [0, 0.1) is 23.1 Å². The van der Waals surface area contributed by atoms with Gasteiger partial charge >= 0.3 is 0 Å². The highest BCUT2D eigenvalue weighted by atomic mass is 19.1. The molecule has 3 rings (SSSR count). The van der Waals surface area contributed by atoms with Gasteiger partial charge in [0.25, 0.3) is 0 Å². The third-order valence-electron chi connectivity index (χ3n) is 7.73. The van der Waals surface area contributed by atoms with Gasteiger partial charge in [0.15, 0.2) is 0 Å². The third-order valence-corrected chi connectivity index (χ3v) is 7.73. The van der Waals surface area contributed by atoms with Crippen LogP contribution in [0.4, 0.5) is 10.1 Å². The Morgan fingerprint density at radius 1 is 1.16 bits per heavy atom. The normalized spacial score (nSPS) is 16.7. The second-order valence-corrected chi connectivity index (χ2v) is 11.3. The molecule has 0 amide bonds. The van der Waals surface area contributed by atoms with Gasteiger partial charge in [-0.1, -0.05) is 56.5 Å². The van der Waals surface area contributed by atoms with Crippen LogP contribution in [0.3, 0.4) is 0 Å². The summed E-state index contributed by atoms with van der Waals surface area (Å²) in [5, 5.41) is 16.2. The van der Waals surface area contributed by atoms with Crippen LogP contribution in [0.15, 0.2) is 72.2 Å². The molecule has 1 aliphatic carbocycles. The van der Waals surface area contributed by atoms with E-state index in [9.17, 15) is 9.65 Å². The van der Waals surface area contributed by atoms with E-state index in [-0.39, 0.29) is 12.4 Å². The number of ether oxygens (including phenoxy) is 1. The Morgan fingerprint density at radius 2 is 1.91 bits per heavy atom. The van der Waals surface area contributed by atoms with Crippen LogP contribution < -0.4 is 10.6 Å². The van der Waals surface area contributed by atoms with Crippen molar-refractivity contribution in [1.82, 2.24) is 10.2 Å². The number of hydrogen-bond acceptors (Lipinski definition) is 6. The molecule has 0 spiro atoms. The lowest BCUT2D eigenvalue weighted by atomic mass is 9.78. The topological polar surface area (TPSA) is 77.4 Å². The molecule has 1 fully saturated rings. The zero-order valence-corrected chi connectivity index (χ0v) is 26.6. The maximum atomic E-state index is 15.0. The molecule has 0 aromatic heterocycles. The summed E-state index contributed by atoms with van der Waals surface area (Å²) in [7, 11) is 1.81. The minimum absolute atomic E-state index is 0.159. The highest BCUT2D eigenvalue weighted by Crippen LogP contribution is 2.37. The number of anilines is 1. The van der Waals surface area contributed by atoms with Gasteiger partial charge in [-0.15, -0.1) is 0 Å². The molecule has 232 valence electrons. The van der Waals surface area contributed by atoms with Gasteiger partial charge in [0.05, 0.1) is 11.6 Å². The molecular weight excluding hydrogens is 539 g/mol. The van der Waals surface area contributed by atoms with E-state index in [1.807, 2.05) is 70.2 Å². The van der Waals surface area contributed by atoms with Crippen LogP contribution in [0.2, 0.25) is 0 Å². The molecular formula is C36H49FN4O2. The first kappa shape index (κ1) is 35.3. The fourth-order valence-corrected chi connectivity index (χ4v) is 5.23. The smallest absolute Gasteiger partial charge is 0.135 e. The Labute approximate surface area is 258 Å². The highest BCUT2D eigenvalue weighted by Gasteiger charge is 2.22. The monoisotopic (exact) mass is 588 g/mol. The molecule has 0 bridgehead atoms. The summed E-state index contributed by atoms with van der Waals surface area (Å²) in [6.45, 7) is 13.8. The number of carbonyl (C=O) groups is 1. The first-order valence-corrected chi connectivity index (χ1v) is 15.2. The summed E-state index contributed by atoms with van der Waals surface area (Å²) < 4.78 is 20.8. The number of benzene rings is 2. The molecule has 0 unspecified atom stereocenters. The molecule has 1 saturated carbocycles.